The van der Waals surface area contributed by atoms with Gasteiger partial charge in [0, 0.05) is 39.0 Å². The van der Waals surface area contributed by atoms with Crippen LogP contribution in [0.1, 0.15) is 25.7 Å². The fraction of sp³-hybridized carbons (Fsp3) is 1.00. The molecule has 1 fully saturated rings. The van der Waals surface area contributed by atoms with Gasteiger partial charge in [0.05, 0.1) is 19.8 Å². The van der Waals surface area contributed by atoms with E-state index in [0.29, 0.717) is 39.1 Å². The van der Waals surface area contributed by atoms with Gasteiger partial charge in [0.15, 0.2) is 0 Å². The van der Waals surface area contributed by atoms with E-state index in [1.165, 1.54) is 12.8 Å². The van der Waals surface area contributed by atoms with E-state index in [1.54, 1.807) is 7.11 Å². The van der Waals surface area contributed by atoms with Crippen LogP contribution < -0.4 is 5.32 Å². The first-order valence-corrected chi connectivity index (χ1v) is 6.88. The first kappa shape index (κ1) is 15.9. The highest BCUT2D eigenvalue weighted by Gasteiger charge is 2.23. The maximum atomic E-state index is 9.18. The summed E-state index contributed by atoms with van der Waals surface area (Å²) in [6.07, 6.45) is 4.27. The van der Waals surface area contributed by atoms with Crippen LogP contribution in [0, 0.1) is 0 Å². The third-order valence-electron chi connectivity index (χ3n) is 2.89. The Morgan fingerprint density at radius 3 is 2.44 bits per heavy atom. The second kappa shape index (κ2) is 10.7. The summed E-state index contributed by atoms with van der Waals surface area (Å²) in [4.78, 5) is 0. The molecule has 2 N–H and O–H groups in total. The molecule has 0 aromatic rings. The van der Waals surface area contributed by atoms with E-state index in [9.17, 15) is 5.11 Å². The van der Waals surface area contributed by atoms with Crippen LogP contribution in [0.2, 0.25) is 0 Å². The molecule has 0 aromatic heterocycles. The molecule has 0 amide bonds. The molecule has 0 spiro atoms. The van der Waals surface area contributed by atoms with E-state index in [1.807, 2.05) is 0 Å². The number of rotatable bonds is 13. The zero-order valence-corrected chi connectivity index (χ0v) is 11.4. The van der Waals surface area contributed by atoms with Crippen LogP contribution in [-0.2, 0) is 14.2 Å². The van der Waals surface area contributed by atoms with E-state index in [4.69, 9.17) is 14.2 Å². The normalized spacial score (nSPS) is 17.0. The van der Waals surface area contributed by atoms with Crippen molar-refractivity contribution in [3.63, 3.8) is 0 Å². The minimum absolute atomic E-state index is 0.190. The summed E-state index contributed by atoms with van der Waals surface area (Å²) in [5.74, 6) is 0. The van der Waals surface area contributed by atoms with Crippen LogP contribution in [0.25, 0.3) is 0 Å². The van der Waals surface area contributed by atoms with Gasteiger partial charge in [-0.3, -0.25) is 0 Å². The topological polar surface area (TPSA) is 60.0 Å². The van der Waals surface area contributed by atoms with Crippen molar-refractivity contribution in [3.8, 4) is 0 Å². The Morgan fingerprint density at radius 2 is 1.83 bits per heavy atom. The molecule has 5 heteroatoms. The summed E-state index contributed by atoms with van der Waals surface area (Å²) in [6.45, 7) is 3.62. The Kier molecular flexibility index (Phi) is 9.42. The van der Waals surface area contributed by atoms with Crippen LogP contribution in [-0.4, -0.2) is 63.9 Å². The Labute approximate surface area is 110 Å². The first-order valence-electron chi connectivity index (χ1n) is 6.88. The monoisotopic (exact) mass is 261 g/mol. The van der Waals surface area contributed by atoms with E-state index >= 15 is 0 Å². The number of methoxy groups -OCH3 is 1. The summed E-state index contributed by atoms with van der Waals surface area (Å²) in [6, 6.07) is 0.826. The number of aliphatic hydroxyl groups is 1. The van der Waals surface area contributed by atoms with Gasteiger partial charge < -0.3 is 24.6 Å². The highest BCUT2D eigenvalue weighted by molar-refractivity contribution is 4.84. The predicted molar refractivity (Wildman–Crippen MR) is 69.8 cm³/mol. The van der Waals surface area contributed by atoms with Gasteiger partial charge in [0.2, 0.25) is 0 Å². The third-order valence-corrected chi connectivity index (χ3v) is 2.89. The Balaban J connectivity index is 1.79. The van der Waals surface area contributed by atoms with Crippen molar-refractivity contribution in [1.82, 2.24) is 5.32 Å². The molecule has 18 heavy (non-hydrogen) atoms. The molecule has 0 radical (unpaired) electrons. The zero-order valence-electron chi connectivity index (χ0n) is 11.4. The number of hydrogen-bond acceptors (Lipinski definition) is 5. The molecule has 1 aliphatic carbocycles. The summed E-state index contributed by atoms with van der Waals surface area (Å²) >= 11 is 0. The molecule has 1 rings (SSSR count). The van der Waals surface area contributed by atoms with Gasteiger partial charge in [-0.15, -0.1) is 0 Å². The van der Waals surface area contributed by atoms with Crippen molar-refractivity contribution < 1.29 is 19.3 Å². The lowest BCUT2D eigenvalue weighted by atomic mass is 10.2. The number of nitrogens with one attached hydrogen (secondary N) is 1. The van der Waals surface area contributed by atoms with Gasteiger partial charge in [-0.2, -0.15) is 0 Å². The minimum Gasteiger partial charge on any atom is -0.395 e. The molecule has 1 atom stereocenters. The summed E-state index contributed by atoms with van der Waals surface area (Å²) < 4.78 is 15.7. The fourth-order valence-electron chi connectivity index (χ4n) is 1.65. The molecule has 0 bridgehead atoms. The SMILES string of the molecule is COCCOCCCOCCC(CO)NC1CC1. The number of ether oxygens (including phenoxy) is 3. The molecule has 0 saturated heterocycles. The molecular formula is C13H27NO4. The van der Waals surface area contributed by atoms with Crippen LogP contribution in [0.5, 0.6) is 0 Å². The average Bonchev–Trinajstić information content (AvgIpc) is 3.19. The highest BCUT2D eigenvalue weighted by Crippen LogP contribution is 2.19. The van der Waals surface area contributed by atoms with Crippen LogP contribution in [0.4, 0.5) is 0 Å². The summed E-state index contributed by atoms with van der Waals surface area (Å²) in [7, 11) is 1.67. The van der Waals surface area contributed by atoms with Crippen molar-refractivity contribution in [1.29, 1.82) is 0 Å². The molecule has 108 valence electrons. The number of hydrogen-bond donors (Lipinski definition) is 2. The molecular weight excluding hydrogens is 234 g/mol. The second-order valence-electron chi connectivity index (χ2n) is 4.68. The van der Waals surface area contributed by atoms with Gasteiger partial charge in [-0.25, -0.2) is 0 Å². The zero-order chi connectivity index (χ0) is 13.1. The lowest BCUT2D eigenvalue weighted by molar-refractivity contribution is 0.0489. The quantitative estimate of drug-likeness (QED) is 0.474. The largest absolute Gasteiger partial charge is 0.395 e. The molecule has 1 unspecified atom stereocenters. The maximum Gasteiger partial charge on any atom is 0.0700 e. The maximum absolute atomic E-state index is 9.18. The Bertz CT molecular complexity index is 188. The van der Waals surface area contributed by atoms with Gasteiger partial charge in [0.1, 0.15) is 0 Å². The molecule has 0 aromatic carbocycles. The van der Waals surface area contributed by atoms with Crippen molar-refractivity contribution >= 4 is 0 Å². The second-order valence-corrected chi connectivity index (χ2v) is 4.68. The molecule has 1 saturated carbocycles. The van der Waals surface area contributed by atoms with Crippen molar-refractivity contribution in [2.75, 3.05) is 46.8 Å². The fourth-order valence-corrected chi connectivity index (χ4v) is 1.65. The Morgan fingerprint density at radius 1 is 1.11 bits per heavy atom. The van der Waals surface area contributed by atoms with Crippen LogP contribution in [0.15, 0.2) is 0 Å². The van der Waals surface area contributed by atoms with E-state index in [2.05, 4.69) is 5.32 Å². The van der Waals surface area contributed by atoms with Crippen molar-refractivity contribution in [2.45, 2.75) is 37.8 Å². The van der Waals surface area contributed by atoms with E-state index in [-0.39, 0.29) is 12.6 Å². The Hall–Kier alpha value is -0.200. The smallest absolute Gasteiger partial charge is 0.0700 e. The molecule has 0 aliphatic heterocycles. The standard InChI is InChI=1S/C13H27NO4/c1-16-9-10-18-7-2-6-17-8-5-13(11-15)14-12-3-4-12/h12-15H,2-11H2,1H3. The third kappa shape index (κ3) is 8.83. The highest BCUT2D eigenvalue weighted by atomic mass is 16.5. The number of aliphatic hydroxyl groups excluding tert-OH is 1. The van der Waals surface area contributed by atoms with Crippen LogP contribution >= 0.6 is 0 Å². The first-order chi connectivity index (χ1) is 8.86. The average molecular weight is 261 g/mol. The lowest BCUT2D eigenvalue weighted by Gasteiger charge is -2.15. The van der Waals surface area contributed by atoms with Crippen molar-refractivity contribution in [2.24, 2.45) is 0 Å². The van der Waals surface area contributed by atoms with E-state index in [0.717, 1.165) is 12.8 Å². The molecule has 0 heterocycles. The predicted octanol–water partition coefficient (Wildman–Crippen LogP) is 0.559. The summed E-state index contributed by atoms with van der Waals surface area (Å²) in [5, 5.41) is 12.6. The van der Waals surface area contributed by atoms with Gasteiger partial charge >= 0.3 is 0 Å². The molecule has 1 aliphatic rings. The van der Waals surface area contributed by atoms with Gasteiger partial charge in [-0.05, 0) is 25.7 Å². The van der Waals surface area contributed by atoms with E-state index < -0.39 is 0 Å². The lowest BCUT2D eigenvalue weighted by Crippen LogP contribution is -2.35. The summed E-state index contributed by atoms with van der Waals surface area (Å²) in [5.41, 5.74) is 0. The van der Waals surface area contributed by atoms with Crippen LogP contribution in [0.3, 0.4) is 0 Å². The van der Waals surface area contributed by atoms with Gasteiger partial charge in [0.25, 0.3) is 0 Å². The molecule has 5 nitrogen and oxygen atoms in total. The van der Waals surface area contributed by atoms with Crippen molar-refractivity contribution in [3.05, 3.63) is 0 Å². The minimum atomic E-state index is 0.190. The van der Waals surface area contributed by atoms with Gasteiger partial charge in [-0.1, -0.05) is 0 Å².